The summed E-state index contributed by atoms with van der Waals surface area (Å²) in [5.41, 5.74) is 2.10. The Morgan fingerprint density at radius 2 is 1.88 bits per heavy atom. The van der Waals surface area contributed by atoms with Gasteiger partial charge in [0, 0.05) is 28.7 Å². The van der Waals surface area contributed by atoms with E-state index < -0.39 is 0 Å². The molecule has 0 spiro atoms. The summed E-state index contributed by atoms with van der Waals surface area (Å²) in [5.74, 6) is 1.17. The second kappa shape index (κ2) is 12.5. The summed E-state index contributed by atoms with van der Waals surface area (Å²) in [6.45, 7) is 13.3. The number of carbonyl (C=O) groups is 1. The molecule has 3 aromatic heterocycles. The number of imidazole rings is 1. The number of halogens is 1. The lowest BCUT2D eigenvalue weighted by atomic mass is 9.95. The Balaban J connectivity index is 1.37. The molecule has 1 aliphatic rings. The molecule has 42 heavy (non-hydrogen) atoms. The molecular formula is C31H38FN7OS2. The van der Waals surface area contributed by atoms with Gasteiger partial charge in [0.25, 0.3) is 0 Å². The Kier molecular flexibility index (Phi) is 8.97. The first-order valence-electron chi connectivity index (χ1n) is 14.6. The number of nitriles is 1. The van der Waals surface area contributed by atoms with Gasteiger partial charge < -0.3 is 10.2 Å². The van der Waals surface area contributed by atoms with Gasteiger partial charge in [-0.2, -0.15) is 5.26 Å². The topological polar surface area (TPSA) is 89.6 Å². The van der Waals surface area contributed by atoms with Crippen LogP contribution in [0, 0.1) is 17.1 Å². The van der Waals surface area contributed by atoms with Crippen LogP contribution < -0.4 is 10.2 Å². The van der Waals surface area contributed by atoms with Crippen LogP contribution in [0.15, 0.2) is 30.5 Å². The van der Waals surface area contributed by atoms with Crippen molar-refractivity contribution in [3.63, 3.8) is 0 Å². The van der Waals surface area contributed by atoms with E-state index in [1.54, 1.807) is 23.5 Å². The van der Waals surface area contributed by atoms with Gasteiger partial charge in [-0.25, -0.2) is 14.4 Å². The molecule has 0 aliphatic carbocycles. The molecule has 222 valence electrons. The molecule has 1 fully saturated rings. The molecule has 1 amide bonds. The minimum absolute atomic E-state index is 0.0932. The van der Waals surface area contributed by atoms with E-state index in [1.165, 1.54) is 28.3 Å². The highest BCUT2D eigenvalue weighted by Gasteiger charge is 2.28. The monoisotopic (exact) mass is 607 g/mol. The van der Waals surface area contributed by atoms with E-state index in [-0.39, 0.29) is 17.3 Å². The van der Waals surface area contributed by atoms with Crippen molar-refractivity contribution in [3.8, 4) is 17.3 Å². The van der Waals surface area contributed by atoms with Crippen LogP contribution in [0.1, 0.15) is 75.2 Å². The van der Waals surface area contributed by atoms with Crippen LogP contribution in [0.5, 0.6) is 0 Å². The molecule has 4 aromatic rings. The number of thiazole rings is 2. The Hall–Kier alpha value is -3.33. The van der Waals surface area contributed by atoms with Crippen molar-refractivity contribution in [1.29, 1.82) is 5.26 Å². The molecule has 0 unspecified atom stereocenters. The predicted molar refractivity (Wildman–Crippen MR) is 168 cm³/mol. The van der Waals surface area contributed by atoms with Crippen molar-refractivity contribution in [3.05, 3.63) is 51.7 Å². The number of benzene rings is 1. The van der Waals surface area contributed by atoms with E-state index in [4.69, 9.17) is 9.97 Å². The van der Waals surface area contributed by atoms with Gasteiger partial charge in [-0.1, -0.05) is 25.2 Å². The van der Waals surface area contributed by atoms with Crippen LogP contribution >= 0.6 is 22.7 Å². The maximum Gasteiger partial charge on any atom is 0.234 e. The Bertz CT molecular complexity index is 1590. The highest BCUT2D eigenvalue weighted by molar-refractivity contribution is 7.17. The average Bonchev–Trinajstić information content (AvgIpc) is 3.68. The van der Waals surface area contributed by atoms with Gasteiger partial charge in [-0.3, -0.25) is 14.1 Å². The number of nitrogens with one attached hydrogen (secondary N) is 1. The van der Waals surface area contributed by atoms with Gasteiger partial charge >= 0.3 is 0 Å². The normalized spacial score (nSPS) is 14.8. The first-order valence-corrected chi connectivity index (χ1v) is 16.3. The van der Waals surface area contributed by atoms with Gasteiger partial charge in [0.05, 0.1) is 12.2 Å². The number of aryl methyl sites for hydroxylation is 1. The summed E-state index contributed by atoms with van der Waals surface area (Å²) in [4.78, 5) is 29.6. The molecule has 0 saturated carbocycles. The van der Waals surface area contributed by atoms with E-state index in [2.05, 4.69) is 66.4 Å². The van der Waals surface area contributed by atoms with Crippen LogP contribution in [0.4, 0.5) is 15.3 Å². The summed E-state index contributed by atoms with van der Waals surface area (Å²) < 4.78 is 15.7. The minimum Gasteiger partial charge on any atom is -0.350 e. The second-order valence-electron chi connectivity index (χ2n) is 11.4. The van der Waals surface area contributed by atoms with Crippen LogP contribution in [-0.2, 0) is 11.2 Å². The zero-order chi connectivity index (χ0) is 30.0. The Morgan fingerprint density at radius 3 is 2.50 bits per heavy atom. The quantitative estimate of drug-likeness (QED) is 0.215. The highest BCUT2D eigenvalue weighted by atomic mass is 32.1. The lowest BCUT2D eigenvalue weighted by molar-refractivity contribution is -0.124. The molecule has 8 nitrogen and oxygen atoms in total. The average molecular weight is 608 g/mol. The van der Waals surface area contributed by atoms with Crippen LogP contribution in [-0.4, -0.2) is 56.9 Å². The molecule has 1 N–H and O–H groups in total. The highest BCUT2D eigenvalue weighted by Crippen LogP contribution is 2.40. The fourth-order valence-corrected chi connectivity index (χ4v) is 7.49. The number of anilines is 2. The maximum atomic E-state index is 13.5. The predicted octanol–water partition coefficient (Wildman–Crippen LogP) is 6.73. The molecule has 5 rings (SSSR count). The molecule has 0 atom stereocenters. The smallest absolute Gasteiger partial charge is 0.234 e. The molecule has 1 saturated heterocycles. The van der Waals surface area contributed by atoms with E-state index in [0.717, 1.165) is 65.9 Å². The Labute approximate surface area is 254 Å². The summed E-state index contributed by atoms with van der Waals surface area (Å²) in [6.07, 6.45) is 5.89. The van der Waals surface area contributed by atoms with Crippen LogP contribution in [0.2, 0.25) is 0 Å². The first kappa shape index (κ1) is 30.1. The van der Waals surface area contributed by atoms with Gasteiger partial charge in [-0.05, 0) is 89.7 Å². The van der Waals surface area contributed by atoms with E-state index >= 15 is 0 Å². The van der Waals surface area contributed by atoms with Crippen molar-refractivity contribution < 1.29 is 9.18 Å². The van der Waals surface area contributed by atoms with E-state index in [1.807, 2.05) is 0 Å². The zero-order valence-corrected chi connectivity index (χ0v) is 26.5. The third kappa shape index (κ3) is 6.21. The minimum atomic E-state index is -0.322. The van der Waals surface area contributed by atoms with Gasteiger partial charge in [0.2, 0.25) is 5.91 Å². The number of piperidine rings is 1. The van der Waals surface area contributed by atoms with Gasteiger partial charge in [0.1, 0.15) is 28.3 Å². The number of likely N-dealkylation sites (tertiary alicyclic amines) is 1. The third-order valence-electron chi connectivity index (χ3n) is 8.08. The number of carbonyl (C=O) groups excluding carboxylic acids is 1. The van der Waals surface area contributed by atoms with Crippen molar-refractivity contribution >= 4 is 44.5 Å². The lowest BCUT2D eigenvalue weighted by Crippen LogP contribution is -2.48. The maximum absolute atomic E-state index is 13.5. The summed E-state index contributed by atoms with van der Waals surface area (Å²) in [6, 6.07) is 8.39. The number of nitrogens with zero attached hydrogens (tertiary/aromatic N) is 6. The molecule has 11 heteroatoms. The van der Waals surface area contributed by atoms with Crippen LogP contribution in [0.3, 0.4) is 0 Å². The summed E-state index contributed by atoms with van der Waals surface area (Å²) in [7, 11) is 0. The molecule has 0 radical (unpaired) electrons. The van der Waals surface area contributed by atoms with Gasteiger partial charge in [0.15, 0.2) is 10.1 Å². The van der Waals surface area contributed by atoms with Crippen molar-refractivity contribution in [1.82, 2.24) is 24.6 Å². The SMILES string of the molecule is CCc1nc2sc(C3CCN(CC(=O)NC(C)(C)CC)CC3)cn2c1N(CC)c1nc(-c2ccc(F)cc2)c(C#N)s1. The first-order chi connectivity index (χ1) is 20.2. The number of fused-ring (bicyclic) bond motifs is 1. The molecular weight excluding hydrogens is 570 g/mol. The van der Waals surface area contributed by atoms with Crippen molar-refractivity contribution in [2.24, 2.45) is 0 Å². The zero-order valence-electron chi connectivity index (χ0n) is 24.9. The van der Waals surface area contributed by atoms with Gasteiger partial charge in [-0.15, -0.1) is 11.3 Å². The summed E-state index contributed by atoms with van der Waals surface area (Å²) >= 11 is 3.08. The summed E-state index contributed by atoms with van der Waals surface area (Å²) in [5, 5.41) is 13.7. The third-order valence-corrected chi connectivity index (χ3v) is 10.2. The second-order valence-corrected chi connectivity index (χ2v) is 13.4. The lowest BCUT2D eigenvalue weighted by Gasteiger charge is -2.32. The fraction of sp³-hybridized carbons (Fsp3) is 0.484. The molecule has 1 aromatic carbocycles. The fourth-order valence-electron chi connectivity index (χ4n) is 5.37. The molecule has 1 aliphatic heterocycles. The van der Waals surface area contributed by atoms with Crippen molar-refractivity contribution in [2.45, 2.75) is 71.8 Å². The number of hydrogen-bond donors (Lipinski definition) is 1. The van der Waals surface area contributed by atoms with Crippen LogP contribution in [0.25, 0.3) is 16.2 Å². The van der Waals surface area contributed by atoms with E-state index in [9.17, 15) is 14.4 Å². The molecule has 4 heterocycles. The Morgan fingerprint density at radius 1 is 1.17 bits per heavy atom. The molecule has 0 bridgehead atoms. The van der Waals surface area contributed by atoms with Crippen molar-refractivity contribution in [2.75, 3.05) is 31.1 Å². The number of amides is 1. The number of rotatable bonds is 10. The number of aromatic nitrogens is 3. The largest absolute Gasteiger partial charge is 0.350 e. The number of hydrogen-bond acceptors (Lipinski definition) is 8. The standard InChI is InChI=1S/C31H38FN7OS2/c1-6-23-28(38(8-3)30-35-27(24(17-33)41-30)21-9-11-22(32)12-10-21)39-18-25(42-29(39)34-23)20-13-15-37(16-14-20)19-26(40)36-31(4,5)7-2/h9-12,18,20H,6-8,13-16,19H2,1-5H3,(H,36,40). The van der Waals surface area contributed by atoms with E-state index in [0.29, 0.717) is 29.6 Å².